The predicted molar refractivity (Wildman–Crippen MR) is 67.3 cm³/mol. The number of anilines is 1. The summed E-state index contributed by atoms with van der Waals surface area (Å²) in [6.45, 7) is 7.04. The van der Waals surface area contributed by atoms with Gasteiger partial charge in [-0.3, -0.25) is 0 Å². The number of hydrogen-bond acceptors (Lipinski definition) is 4. The molecule has 1 atom stereocenters. The van der Waals surface area contributed by atoms with E-state index < -0.39 is 0 Å². The first-order valence-corrected chi connectivity index (χ1v) is 5.97. The van der Waals surface area contributed by atoms with Gasteiger partial charge >= 0.3 is 0 Å². The highest BCUT2D eigenvalue weighted by Gasteiger charge is 2.13. The molecule has 1 rings (SSSR count). The summed E-state index contributed by atoms with van der Waals surface area (Å²) in [7, 11) is 0. The number of hydrogen-bond donors (Lipinski definition) is 2. The van der Waals surface area contributed by atoms with Gasteiger partial charge in [0.2, 0.25) is 0 Å². The fraction of sp³-hybridized carbons (Fsp3) is 0.667. The monoisotopic (exact) mass is 222 g/mol. The molecule has 0 aliphatic carbocycles. The largest absolute Gasteiger partial charge is 0.367 e. The number of rotatable bonds is 6. The minimum atomic E-state index is 0.179. The SMILES string of the molecule is CCC(CC)C(N)CNc1ccc(C)nn1. The van der Waals surface area contributed by atoms with Crippen LogP contribution in [-0.2, 0) is 0 Å². The Labute approximate surface area is 97.6 Å². The topological polar surface area (TPSA) is 63.8 Å². The maximum absolute atomic E-state index is 6.11. The van der Waals surface area contributed by atoms with Crippen LogP contribution < -0.4 is 11.1 Å². The molecule has 0 radical (unpaired) electrons. The smallest absolute Gasteiger partial charge is 0.148 e. The molecule has 90 valence electrons. The van der Waals surface area contributed by atoms with E-state index in [2.05, 4.69) is 29.4 Å². The highest BCUT2D eigenvalue weighted by Crippen LogP contribution is 2.12. The molecule has 4 heteroatoms. The van der Waals surface area contributed by atoms with Gasteiger partial charge in [-0.1, -0.05) is 26.7 Å². The van der Waals surface area contributed by atoms with Gasteiger partial charge in [-0.15, -0.1) is 5.10 Å². The van der Waals surface area contributed by atoms with Crippen LogP contribution in [0, 0.1) is 12.8 Å². The van der Waals surface area contributed by atoms with Crippen molar-refractivity contribution >= 4 is 5.82 Å². The third kappa shape index (κ3) is 3.77. The molecular formula is C12H22N4. The first-order chi connectivity index (χ1) is 7.67. The second kappa shape index (κ2) is 6.43. The standard InChI is InChI=1S/C12H22N4/c1-4-10(5-2)11(13)8-14-12-7-6-9(3)15-16-12/h6-7,10-11H,4-5,8,13H2,1-3H3,(H,14,16). The Morgan fingerprint density at radius 2 is 1.94 bits per heavy atom. The molecule has 1 aromatic rings. The van der Waals surface area contributed by atoms with Crippen molar-refractivity contribution in [3.63, 3.8) is 0 Å². The van der Waals surface area contributed by atoms with Crippen LogP contribution in [0.3, 0.4) is 0 Å². The Balaban J connectivity index is 2.42. The summed E-state index contributed by atoms with van der Waals surface area (Å²) in [5, 5.41) is 11.3. The van der Waals surface area contributed by atoms with Gasteiger partial charge in [-0.05, 0) is 25.0 Å². The lowest BCUT2D eigenvalue weighted by atomic mass is 9.95. The fourth-order valence-electron chi connectivity index (χ4n) is 1.78. The zero-order valence-electron chi connectivity index (χ0n) is 10.4. The van der Waals surface area contributed by atoms with Crippen molar-refractivity contribution < 1.29 is 0 Å². The van der Waals surface area contributed by atoms with Crippen LogP contribution in [0.1, 0.15) is 32.4 Å². The highest BCUT2D eigenvalue weighted by atomic mass is 15.2. The minimum absolute atomic E-state index is 0.179. The molecule has 1 unspecified atom stereocenters. The van der Waals surface area contributed by atoms with Crippen LogP contribution >= 0.6 is 0 Å². The molecule has 4 nitrogen and oxygen atoms in total. The van der Waals surface area contributed by atoms with E-state index in [0.717, 1.165) is 30.9 Å². The lowest BCUT2D eigenvalue weighted by molar-refractivity contribution is 0.407. The van der Waals surface area contributed by atoms with Crippen molar-refractivity contribution in [1.29, 1.82) is 0 Å². The molecule has 1 aromatic heterocycles. The maximum Gasteiger partial charge on any atom is 0.148 e. The molecule has 16 heavy (non-hydrogen) atoms. The summed E-state index contributed by atoms with van der Waals surface area (Å²) >= 11 is 0. The first kappa shape index (κ1) is 12.9. The lowest BCUT2D eigenvalue weighted by Gasteiger charge is -2.21. The van der Waals surface area contributed by atoms with Crippen LogP contribution in [0.15, 0.2) is 12.1 Å². The van der Waals surface area contributed by atoms with Crippen molar-refractivity contribution in [2.45, 2.75) is 39.7 Å². The Morgan fingerprint density at radius 1 is 1.25 bits per heavy atom. The van der Waals surface area contributed by atoms with E-state index in [-0.39, 0.29) is 6.04 Å². The van der Waals surface area contributed by atoms with Gasteiger partial charge in [-0.25, -0.2) is 0 Å². The maximum atomic E-state index is 6.11. The lowest BCUT2D eigenvalue weighted by Crippen LogP contribution is -2.36. The summed E-state index contributed by atoms with van der Waals surface area (Å²) in [4.78, 5) is 0. The van der Waals surface area contributed by atoms with Gasteiger partial charge in [0.05, 0.1) is 5.69 Å². The number of aryl methyl sites for hydroxylation is 1. The third-order valence-corrected chi connectivity index (χ3v) is 2.97. The zero-order chi connectivity index (χ0) is 12.0. The van der Waals surface area contributed by atoms with Gasteiger partial charge in [0.25, 0.3) is 0 Å². The first-order valence-electron chi connectivity index (χ1n) is 5.97. The van der Waals surface area contributed by atoms with Crippen molar-refractivity contribution in [2.75, 3.05) is 11.9 Å². The van der Waals surface area contributed by atoms with Gasteiger partial charge in [0.15, 0.2) is 0 Å². The van der Waals surface area contributed by atoms with E-state index in [9.17, 15) is 0 Å². The molecule has 0 bridgehead atoms. The molecule has 0 saturated heterocycles. The van der Waals surface area contributed by atoms with Gasteiger partial charge in [0.1, 0.15) is 5.82 Å². The molecule has 0 spiro atoms. The quantitative estimate of drug-likeness (QED) is 0.772. The fourth-order valence-corrected chi connectivity index (χ4v) is 1.78. The van der Waals surface area contributed by atoms with Gasteiger partial charge < -0.3 is 11.1 Å². The molecule has 1 heterocycles. The van der Waals surface area contributed by atoms with Crippen molar-refractivity contribution in [3.8, 4) is 0 Å². The number of nitrogens with zero attached hydrogens (tertiary/aromatic N) is 2. The van der Waals surface area contributed by atoms with Crippen molar-refractivity contribution in [3.05, 3.63) is 17.8 Å². The molecule has 0 aromatic carbocycles. The van der Waals surface area contributed by atoms with Crippen LogP contribution in [0.4, 0.5) is 5.82 Å². The molecule has 0 aliphatic heterocycles. The van der Waals surface area contributed by atoms with Gasteiger partial charge in [0, 0.05) is 12.6 Å². The van der Waals surface area contributed by atoms with Crippen molar-refractivity contribution in [1.82, 2.24) is 10.2 Å². The Kier molecular flexibility index (Phi) is 5.19. The summed E-state index contributed by atoms with van der Waals surface area (Å²) in [6.07, 6.45) is 2.25. The van der Waals surface area contributed by atoms with Gasteiger partial charge in [-0.2, -0.15) is 5.10 Å². The molecule has 3 N–H and O–H groups in total. The highest BCUT2D eigenvalue weighted by molar-refractivity contribution is 5.32. The van der Waals surface area contributed by atoms with E-state index in [1.54, 1.807) is 0 Å². The normalized spacial score (nSPS) is 12.8. The van der Waals surface area contributed by atoms with E-state index in [0.29, 0.717) is 5.92 Å². The number of nitrogens with one attached hydrogen (secondary N) is 1. The van der Waals surface area contributed by atoms with Crippen LogP contribution in [0.25, 0.3) is 0 Å². The Bertz CT molecular complexity index is 292. The minimum Gasteiger partial charge on any atom is -0.367 e. The predicted octanol–water partition coefficient (Wildman–Crippen LogP) is 1.96. The molecule has 0 amide bonds. The van der Waals surface area contributed by atoms with E-state index in [1.165, 1.54) is 0 Å². The Hall–Kier alpha value is -1.16. The summed E-state index contributed by atoms with van der Waals surface area (Å²) < 4.78 is 0. The van der Waals surface area contributed by atoms with Crippen LogP contribution in [0.2, 0.25) is 0 Å². The van der Waals surface area contributed by atoms with Crippen molar-refractivity contribution in [2.24, 2.45) is 11.7 Å². The second-order valence-corrected chi connectivity index (χ2v) is 4.18. The molecule has 0 saturated carbocycles. The summed E-state index contributed by atoms with van der Waals surface area (Å²) in [5.74, 6) is 1.37. The van der Waals surface area contributed by atoms with Crippen LogP contribution in [-0.4, -0.2) is 22.8 Å². The number of nitrogens with two attached hydrogens (primary N) is 1. The average Bonchev–Trinajstić information content (AvgIpc) is 2.30. The molecule has 0 aliphatic rings. The zero-order valence-corrected chi connectivity index (χ0v) is 10.4. The number of aromatic nitrogens is 2. The van der Waals surface area contributed by atoms with E-state index in [1.807, 2.05) is 19.1 Å². The molecule has 0 fully saturated rings. The Morgan fingerprint density at radius 3 is 2.44 bits per heavy atom. The average molecular weight is 222 g/mol. The van der Waals surface area contributed by atoms with E-state index in [4.69, 9.17) is 5.73 Å². The summed E-state index contributed by atoms with van der Waals surface area (Å²) in [5.41, 5.74) is 7.03. The second-order valence-electron chi connectivity index (χ2n) is 4.18. The van der Waals surface area contributed by atoms with Crippen LogP contribution in [0.5, 0.6) is 0 Å². The molecular weight excluding hydrogens is 200 g/mol. The van der Waals surface area contributed by atoms with E-state index >= 15 is 0 Å². The summed E-state index contributed by atoms with van der Waals surface area (Å²) in [6, 6.07) is 4.05. The third-order valence-electron chi connectivity index (χ3n) is 2.97.